The molecule has 0 bridgehead atoms. The van der Waals surface area contributed by atoms with Gasteiger partial charge in [0.25, 0.3) is 5.24 Å². The summed E-state index contributed by atoms with van der Waals surface area (Å²) in [6.07, 6.45) is 0. The summed E-state index contributed by atoms with van der Waals surface area (Å²) in [4.78, 5) is 24.8. The van der Waals surface area contributed by atoms with Gasteiger partial charge in [-0.05, 0) is 12.1 Å². The molecule has 1 aliphatic heterocycles. The average molecular weight is 318 g/mol. The monoisotopic (exact) mass is 317 g/mol. The van der Waals surface area contributed by atoms with Gasteiger partial charge >= 0.3 is 0 Å². The number of hydrogen-bond acceptors (Lipinski definition) is 5. The van der Waals surface area contributed by atoms with Crippen molar-refractivity contribution in [3.8, 4) is 5.75 Å². The Bertz CT molecular complexity index is 513. The molecule has 1 aromatic carbocycles. The molecule has 0 radical (unpaired) electrons. The number of carbonyl (C=O) groups excluding carboxylic acids is 2. The number of ether oxygens (including phenoxy) is 1. The Labute approximate surface area is 127 Å². The van der Waals surface area contributed by atoms with E-state index in [2.05, 4.69) is 5.32 Å². The first-order valence-electron chi connectivity index (χ1n) is 5.75. The van der Waals surface area contributed by atoms with E-state index in [1.54, 1.807) is 18.2 Å². The van der Waals surface area contributed by atoms with Gasteiger partial charge in [-0.3, -0.25) is 9.59 Å². The number of amides is 2. The lowest BCUT2D eigenvalue weighted by Crippen LogP contribution is -2.33. The van der Waals surface area contributed by atoms with Crippen LogP contribution in [0, 0.1) is 0 Å². The van der Waals surface area contributed by atoms with Crippen molar-refractivity contribution in [1.29, 1.82) is 0 Å². The number of hydrogen-bond donors (Lipinski definition) is 2. The molecular formula is C12H16ClN3O3S. The van der Waals surface area contributed by atoms with Crippen LogP contribution in [0.1, 0.15) is 0 Å². The standard InChI is InChI=1S/C12H15N3O3S.ClH/c1-18-8-2-3-9(13)10(6-8)14-11(16)7-15-4-5-19-12(15)17;/h2-3,6H,4-5,7,13H2,1H3,(H,14,16);1H. The molecular weight excluding hydrogens is 302 g/mol. The first kappa shape index (κ1) is 16.5. The van der Waals surface area contributed by atoms with Gasteiger partial charge in [0.1, 0.15) is 12.3 Å². The Kier molecular flexibility index (Phi) is 5.97. The molecule has 1 aromatic rings. The number of rotatable bonds is 4. The smallest absolute Gasteiger partial charge is 0.282 e. The van der Waals surface area contributed by atoms with Gasteiger partial charge in [-0.2, -0.15) is 0 Å². The van der Waals surface area contributed by atoms with E-state index in [1.165, 1.54) is 23.8 Å². The molecule has 2 amide bonds. The molecule has 2 rings (SSSR count). The zero-order valence-electron chi connectivity index (χ0n) is 10.9. The van der Waals surface area contributed by atoms with Gasteiger partial charge < -0.3 is 20.7 Å². The summed E-state index contributed by atoms with van der Waals surface area (Å²) < 4.78 is 5.07. The molecule has 0 aromatic heterocycles. The predicted octanol–water partition coefficient (Wildman–Crippen LogP) is 1.81. The van der Waals surface area contributed by atoms with Gasteiger partial charge in [0.05, 0.1) is 18.5 Å². The van der Waals surface area contributed by atoms with Crippen LogP contribution < -0.4 is 15.8 Å². The Morgan fingerprint density at radius 2 is 2.30 bits per heavy atom. The third-order valence-electron chi connectivity index (χ3n) is 2.71. The summed E-state index contributed by atoms with van der Waals surface area (Å²) in [6, 6.07) is 5.02. The van der Waals surface area contributed by atoms with Crippen molar-refractivity contribution >= 4 is 46.7 Å². The van der Waals surface area contributed by atoms with Crippen molar-refractivity contribution in [3.63, 3.8) is 0 Å². The van der Waals surface area contributed by atoms with E-state index in [-0.39, 0.29) is 30.1 Å². The highest BCUT2D eigenvalue weighted by molar-refractivity contribution is 8.13. The fourth-order valence-electron chi connectivity index (χ4n) is 1.70. The van der Waals surface area contributed by atoms with Crippen molar-refractivity contribution in [2.45, 2.75) is 0 Å². The first-order chi connectivity index (χ1) is 9.10. The van der Waals surface area contributed by atoms with E-state index < -0.39 is 0 Å². The molecule has 1 heterocycles. The van der Waals surface area contributed by atoms with E-state index in [0.29, 0.717) is 23.7 Å². The molecule has 1 saturated heterocycles. The molecule has 1 aliphatic rings. The third kappa shape index (κ3) is 3.94. The van der Waals surface area contributed by atoms with Crippen LogP contribution >= 0.6 is 24.2 Å². The second-order valence-electron chi connectivity index (χ2n) is 4.04. The van der Waals surface area contributed by atoms with Crippen molar-refractivity contribution in [1.82, 2.24) is 4.90 Å². The van der Waals surface area contributed by atoms with Crippen LogP contribution in [-0.4, -0.2) is 42.0 Å². The third-order valence-corrected chi connectivity index (χ3v) is 3.61. The van der Waals surface area contributed by atoms with E-state index in [4.69, 9.17) is 10.5 Å². The Morgan fingerprint density at radius 1 is 1.55 bits per heavy atom. The summed E-state index contributed by atoms with van der Waals surface area (Å²) in [5.74, 6) is 1.07. The van der Waals surface area contributed by atoms with Gasteiger partial charge in [0, 0.05) is 18.4 Å². The average Bonchev–Trinajstić information content (AvgIpc) is 2.78. The van der Waals surface area contributed by atoms with E-state index in [1.807, 2.05) is 0 Å². The SMILES string of the molecule is COc1ccc(N)c(NC(=O)CN2CCSC2=O)c1.Cl. The molecule has 0 saturated carbocycles. The summed E-state index contributed by atoms with van der Waals surface area (Å²) in [7, 11) is 1.54. The number of methoxy groups -OCH3 is 1. The number of nitrogens with zero attached hydrogens (tertiary/aromatic N) is 1. The van der Waals surface area contributed by atoms with Crippen molar-refractivity contribution < 1.29 is 14.3 Å². The first-order valence-corrected chi connectivity index (χ1v) is 6.74. The molecule has 110 valence electrons. The number of nitrogens with two attached hydrogens (primary N) is 1. The van der Waals surface area contributed by atoms with Crippen LogP contribution in [0.4, 0.5) is 16.2 Å². The van der Waals surface area contributed by atoms with Crippen LogP contribution in [0.15, 0.2) is 18.2 Å². The van der Waals surface area contributed by atoms with Crippen LogP contribution in [0.25, 0.3) is 0 Å². The van der Waals surface area contributed by atoms with Crippen molar-refractivity contribution in [3.05, 3.63) is 18.2 Å². The fraction of sp³-hybridized carbons (Fsp3) is 0.333. The lowest BCUT2D eigenvalue weighted by Gasteiger charge is -2.15. The quantitative estimate of drug-likeness (QED) is 0.827. The highest BCUT2D eigenvalue weighted by Crippen LogP contribution is 2.24. The number of nitrogens with one attached hydrogen (secondary N) is 1. The number of halogens is 1. The summed E-state index contributed by atoms with van der Waals surface area (Å²) in [6.45, 7) is 0.646. The Morgan fingerprint density at radius 3 is 2.90 bits per heavy atom. The Balaban J connectivity index is 0.00000200. The van der Waals surface area contributed by atoms with Crippen LogP contribution in [0.2, 0.25) is 0 Å². The fourth-order valence-corrected chi connectivity index (χ4v) is 2.53. The van der Waals surface area contributed by atoms with Gasteiger partial charge in [-0.1, -0.05) is 11.8 Å². The predicted molar refractivity (Wildman–Crippen MR) is 82.7 cm³/mol. The topological polar surface area (TPSA) is 84.7 Å². The molecule has 0 spiro atoms. The second-order valence-corrected chi connectivity index (χ2v) is 5.08. The zero-order chi connectivity index (χ0) is 13.8. The molecule has 3 N–H and O–H groups in total. The van der Waals surface area contributed by atoms with Crippen molar-refractivity contribution in [2.75, 3.05) is 37.0 Å². The minimum atomic E-state index is -0.268. The summed E-state index contributed by atoms with van der Waals surface area (Å²) >= 11 is 1.23. The highest BCUT2D eigenvalue weighted by atomic mass is 35.5. The minimum absolute atomic E-state index is 0. The molecule has 1 fully saturated rings. The largest absolute Gasteiger partial charge is 0.497 e. The molecule has 0 aliphatic carbocycles. The maximum atomic E-state index is 11.9. The minimum Gasteiger partial charge on any atom is -0.497 e. The second kappa shape index (κ2) is 7.25. The van der Waals surface area contributed by atoms with Gasteiger partial charge in [-0.15, -0.1) is 12.4 Å². The lowest BCUT2D eigenvalue weighted by atomic mass is 10.2. The van der Waals surface area contributed by atoms with Crippen molar-refractivity contribution in [2.24, 2.45) is 0 Å². The van der Waals surface area contributed by atoms with E-state index in [9.17, 15) is 9.59 Å². The van der Waals surface area contributed by atoms with Crippen LogP contribution in [0.3, 0.4) is 0 Å². The van der Waals surface area contributed by atoms with Gasteiger partial charge in [0.15, 0.2) is 0 Å². The molecule has 8 heteroatoms. The van der Waals surface area contributed by atoms with Crippen LogP contribution in [-0.2, 0) is 4.79 Å². The molecule has 20 heavy (non-hydrogen) atoms. The lowest BCUT2D eigenvalue weighted by molar-refractivity contribution is -0.116. The highest BCUT2D eigenvalue weighted by Gasteiger charge is 2.23. The molecule has 6 nitrogen and oxygen atoms in total. The summed E-state index contributed by atoms with van der Waals surface area (Å²) in [5, 5.41) is 2.62. The maximum Gasteiger partial charge on any atom is 0.282 e. The molecule has 0 unspecified atom stereocenters. The zero-order valence-corrected chi connectivity index (χ0v) is 12.6. The summed E-state index contributed by atoms with van der Waals surface area (Å²) in [5.41, 5.74) is 6.72. The van der Waals surface area contributed by atoms with Crippen LogP contribution in [0.5, 0.6) is 5.75 Å². The number of benzene rings is 1. The maximum absolute atomic E-state index is 11.9. The number of nitrogen functional groups attached to an aromatic ring is 1. The number of thioether (sulfide) groups is 1. The van der Waals surface area contributed by atoms with E-state index >= 15 is 0 Å². The van der Waals surface area contributed by atoms with Gasteiger partial charge in [0.2, 0.25) is 5.91 Å². The van der Waals surface area contributed by atoms with Gasteiger partial charge in [-0.25, -0.2) is 0 Å². The number of carbonyl (C=O) groups is 2. The van der Waals surface area contributed by atoms with E-state index in [0.717, 1.165) is 5.75 Å². The Hall–Kier alpha value is -1.60. The normalized spacial score (nSPS) is 13.8. The number of anilines is 2. The molecule has 0 atom stereocenters.